The van der Waals surface area contributed by atoms with Gasteiger partial charge in [-0.25, -0.2) is 0 Å². The molecule has 1 aliphatic carbocycles. The Hall–Kier alpha value is -1.75. The van der Waals surface area contributed by atoms with Crippen LogP contribution in [0.3, 0.4) is 0 Å². The molecule has 1 saturated carbocycles. The molecule has 1 aromatic rings. The quantitative estimate of drug-likeness (QED) is 0.827. The summed E-state index contributed by atoms with van der Waals surface area (Å²) in [6.07, 6.45) is 4.33. The monoisotopic (exact) mass is 364 g/mol. The van der Waals surface area contributed by atoms with Crippen LogP contribution in [-0.2, 0) is 4.79 Å². The van der Waals surface area contributed by atoms with Crippen LogP contribution in [0.1, 0.15) is 41.6 Å². The van der Waals surface area contributed by atoms with E-state index in [4.69, 9.17) is 16.3 Å². The van der Waals surface area contributed by atoms with Gasteiger partial charge < -0.3 is 14.5 Å². The highest BCUT2D eigenvalue weighted by molar-refractivity contribution is 6.31. The zero-order chi connectivity index (χ0) is 18.0. The van der Waals surface area contributed by atoms with Crippen molar-refractivity contribution in [1.29, 1.82) is 0 Å². The third-order valence-corrected chi connectivity index (χ3v) is 5.70. The second-order valence-corrected chi connectivity index (χ2v) is 7.31. The van der Waals surface area contributed by atoms with Crippen LogP contribution in [0.4, 0.5) is 0 Å². The maximum atomic E-state index is 12.9. The minimum absolute atomic E-state index is 0.0910. The summed E-state index contributed by atoms with van der Waals surface area (Å²) in [5.41, 5.74) is 1.36. The largest absolute Gasteiger partial charge is 0.496 e. The summed E-state index contributed by atoms with van der Waals surface area (Å²) in [4.78, 5) is 29.1. The van der Waals surface area contributed by atoms with Gasteiger partial charge in [0, 0.05) is 37.1 Å². The first-order valence-electron chi connectivity index (χ1n) is 8.93. The van der Waals surface area contributed by atoms with Crippen molar-refractivity contribution in [3.05, 3.63) is 28.3 Å². The molecule has 0 aromatic heterocycles. The van der Waals surface area contributed by atoms with Crippen molar-refractivity contribution in [2.24, 2.45) is 5.92 Å². The molecule has 25 heavy (non-hydrogen) atoms. The highest BCUT2D eigenvalue weighted by Crippen LogP contribution is 2.29. The van der Waals surface area contributed by atoms with E-state index in [0.29, 0.717) is 42.5 Å². The highest BCUT2D eigenvalue weighted by Gasteiger charge is 2.31. The molecule has 0 atom stereocenters. The first-order chi connectivity index (χ1) is 12.0. The number of ether oxygens (including phenoxy) is 1. The van der Waals surface area contributed by atoms with Crippen molar-refractivity contribution in [2.75, 3.05) is 33.3 Å². The lowest BCUT2D eigenvalue weighted by Crippen LogP contribution is -2.51. The average molecular weight is 365 g/mol. The number of aryl methyl sites for hydroxylation is 1. The summed E-state index contributed by atoms with van der Waals surface area (Å²) in [5, 5.41) is 0.555. The summed E-state index contributed by atoms with van der Waals surface area (Å²) in [7, 11) is 1.55. The Bertz CT molecular complexity index is 663. The lowest BCUT2D eigenvalue weighted by molar-refractivity contribution is -0.136. The number of carbonyl (C=O) groups is 2. The average Bonchev–Trinajstić information content (AvgIpc) is 3.17. The van der Waals surface area contributed by atoms with E-state index in [0.717, 1.165) is 31.2 Å². The number of hydrogen-bond donors (Lipinski definition) is 0. The van der Waals surface area contributed by atoms with Gasteiger partial charge in [-0.2, -0.15) is 0 Å². The van der Waals surface area contributed by atoms with Crippen LogP contribution in [0.2, 0.25) is 5.02 Å². The van der Waals surface area contributed by atoms with E-state index >= 15 is 0 Å². The summed E-state index contributed by atoms with van der Waals surface area (Å²) < 4.78 is 5.35. The molecule has 0 spiro atoms. The molecule has 2 fully saturated rings. The van der Waals surface area contributed by atoms with Crippen LogP contribution in [0, 0.1) is 12.8 Å². The second kappa shape index (κ2) is 7.65. The fourth-order valence-electron chi connectivity index (χ4n) is 3.72. The number of benzene rings is 1. The lowest BCUT2D eigenvalue weighted by Gasteiger charge is -2.36. The molecule has 0 radical (unpaired) electrons. The molecule has 2 aliphatic rings. The molecule has 136 valence electrons. The molecule has 6 heteroatoms. The molecule has 5 nitrogen and oxygen atoms in total. The van der Waals surface area contributed by atoms with E-state index in [-0.39, 0.29) is 17.7 Å². The van der Waals surface area contributed by atoms with Crippen LogP contribution < -0.4 is 4.74 Å². The van der Waals surface area contributed by atoms with Crippen LogP contribution in [0.5, 0.6) is 5.75 Å². The topological polar surface area (TPSA) is 49.9 Å². The number of hydrogen-bond acceptors (Lipinski definition) is 3. The molecule has 3 rings (SSSR count). The molecular formula is C19H25ClN2O3. The predicted molar refractivity (Wildman–Crippen MR) is 97.2 cm³/mol. The summed E-state index contributed by atoms with van der Waals surface area (Å²) >= 11 is 6.18. The maximum Gasteiger partial charge on any atom is 0.257 e. The fourth-order valence-corrected chi connectivity index (χ4v) is 3.89. The van der Waals surface area contributed by atoms with Crippen molar-refractivity contribution < 1.29 is 14.3 Å². The third kappa shape index (κ3) is 3.76. The van der Waals surface area contributed by atoms with Crippen LogP contribution in [0.15, 0.2) is 12.1 Å². The van der Waals surface area contributed by atoms with E-state index < -0.39 is 0 Å². The zero-order valence-electron chi connectivity index (χ0n) is 14.9. The first kappa shape index (κ1) is 18.1. The van der Waals surface area contributed by atoms with Gasteiger partial charge in [-0.1, -0.05) is 24.4 Å². The van der Waals surface area contributed by atoms with Crippen molar-refractivity contribution in [3.63, 3.8) is 0 Å². The van der Waals surface area contributed by atoms with Gasteiger partial charge in [0.2, 0.25) is 5.91 Å². The number of carbonyl (C=O) groups excluding carboxylic acids is 2. The smallest absolute Gasteiger partial charge is 0.257 e. The van der Waals surface area contributed by atoms with Gasteiger partial charge in [0.25, 0.3) is 5.91 Å². The number of nitrogens with zero attached hydrogens (tertiary/aromatic N) is 2. The molecule has 1 saturated heterocycles. The van der Waals surface area contributed by atoms with Gasteiger partial charge in [0.1, 0.15) is 5.75 Å². The molecule has 1 heterocycles. The predicted octanol–water partition coefficient (Wildman–Crippen LogP) is 3.13. The molecule has 2 amide bonds. The van der Waals surface area contributed by atoms with Gasteiger partial charge in [0.15, 0.2) is 0 Å². The molecular weight excluding hydrogens is 340 g/mol. The van der Waals surface area contributed by atoms with Crippen molar-refractivity contribution in [3.8, 4) is 5.75 Å². The van der Waals surface area contributed by atoms with Gasteiger partial charge in [-0.05, 0) is 37.5 Å². The standard InChI is InChI=1S/C19H25ClN2O3/c1-13-11-17(25-2)15(12-16(13)20)19(24)22-9-7-21(8-10-22)18(23)14-5-3-4-6-14/h11-12,14H,3-10H2,1-2H3. The lowest BCUT2D eigenvalue weighted by atomic mass is 10.1. The highest BCUT2D eigenvalue weighted by atomic mass is 35.5. The molecule has 0 bridgehead atoms. The van der Waals surface area contributed by atoms with Crippen LogP contribution >= 0.6 is 11.6 Å². The van der Waals surface area contributed by atoms with Crippen molar-refractivity contribution in [1.82, 2.24) is 9.80 Å². The number of methoxy groups -OCH3 is 1. The van der Waals surface area contributed by atoms with Gasteiger partial charge in [0.05, 0.1) is 12.7 Å². The van der Waals surface area contributed by atoms with E-state index in [1.165, 1.54) is 0 Å². The van der Waals surface area contributed by atoms with E-state index in [2.05, 4.69) is 0 Å². The number of rotatable bonds is 3. The Labute approximate surface area is 153 Å². The SMILES string of the molecule is COc1cc(C)c(Cl)cc1C(=O)N1CCN(C(=O)C2CCCC2)CC1. The Morgan fingerprint density at radius 3 is 2.28 bits per heavy atom. The van der Waals surface area contributed by atoms with E-state index in [1.807, 2.05) is 11.8 Å². The third-order valence-electron chi connectivity index (χ3n) is 5.29. The molecule has 1 aromatic carbocycles. The second-order valence-electron chi connectivity index (χ2n) is 6.90. The molecule has 1 aliphatic heterocycles. The Morgan fingerprint density at radius 2 is 1.68 bits per heavy atom. The molecule has 0 unspecified atom stereocenters. The van der Waals surface area contributed by atoms with Gasteiger partial charge in [-0.15, -0.1) is 0 Å². The Kier molecular flexibility index (Phi) is 5.52. The van der Waals surface area contributed by atoms with E-state index in [1.54, 1.807) is 24.1 Å². The maximum absolute atomic E-state index is 12.9. The van der Waals surface area contributed by atoms with Crippen molar-refractivity contribution >= 4 is 23.4 Å². The minimum atomic E-state index is -0.0910. The summed E-state index contributed by atoms with van der Waals surface area (Å²) in [6, 6.07) is 3.46. The summed E-state index contributed by atoms with van der Waals surface area (Å²) in [6.45, 7) is 4.18. The molecule has 0 N–H and O–H groups in total. The number of piperazine rings is 1. The fraction of sp³-hybridized carbons (Fsp3) is 0.579. The van der Waals surface area contributed by atoms with Gasteiger partial charge in [-0.3, -0.25) is 9.59 Å². The zero-order valence-corrected chi connectivity index (χ0v) is 15.6. The summed E-state index contributed by atoms with van der Waals surface area (Å²) in [5.74, 6) is 0.905. The first-order valence-corrected chi connectivity index (χ1v) is 9.31. The van der Waals surface area contributed by atoms with Crippen LogP contribution in [-0.4, -0.2) is 54.9 Å². The number of halogens is 1. The van der Waals surface area contributed by atoms with Crippen LogP contribution in [0.25, 0.3) is 0 Å². The Morgan fingerprint density at radius 1 is 1.08 bits per heavy atom. The van der Waals surface area contributed by atoms with Crippen molar-refractivity contribution in [2.45, 2.75) is 32.6 Å². The normalized spacial score (nSPS) is 18.5. The van der Waals surface area contributed by atoms with Gasteiger partial charge >= 0.3 is 0 Å². The number of amides is 2. The van der Waals surface area contributed by atoms with E-state index in [9.17, 15) is 9.59 Å². The Balaban J connectivity index is 1.65. The minimum Gasteiger partial charge on any atom is -0.496 e.